The summed E-state index contributed by atoms with van der Waals surface area (Å²) in [7, 11) is 0. The van der Waals surface area contributed by atoms with E-state index in [1.807, 2.05) is 19.1 Å². The highest BCUT2D eigenvalue weighted by molar-refractivity contribution is 5.47. The first kappa shape index (κ1) is 8.62. The number of nitrogens with zero attached hydrogens (tertiary/aromatic N) is 1. The van der Waals surface area contributed by atoms with E-state index in [-0.39, 0.29) is 5.69 Å². The van der Waals surface area contributed by atoms with Crippen molar-refractivity contribution in [2.75, 3.05) is 5.73 Å². The molecule has 0 fully saturated rings. The van der Waals surface area contributed by atoms with Crippen molar-refractivity contribution in [2.24, 2.45) is 0 Å². The smallest absolute Gasteiger partial charge is 0.330 e. The SMILES string of the molecule is Cc1cn(-c2cccc(N)c2)c(=O)[nH]1. The largest absolute Gasteiger partial charge is 0.399 e. The Bertz CT molecular complexity index is 510. The molecule has 2 aromatic rings. The van der Waals surface area contributed by atoms with Crippen molar-refractivity contribution < 1.29 is 0 Å². The van der Waals surface area contributed by atoms with Crippen molar-refractivity contribution >= 4 is 5.69 Å². The molecule has 2 rings (SSSR count). The number of benzene rings is 1. The number of aryl methyl sites for hydroxylation is 1. The van der Waals surface area contributed by atoms with Gasteiger partial charge < -0.3 is 10.7 Å². The van der Waals surface area contributed by atoms with Gasteiger partial charge in [-0.15, -0.1) is 0 Å². The fraction of sp³-hybridized carbons (Fsp3) is 0.100. The molecule has 0 saturated carbocycles. The molecule has 0 saturated heterocycles. The summed E-state index contributed by atoms with van der Waals surface area (Å²) >= 11 is 0. The highest BCUT2D eigenvalue weighted by Crippen LogP contribution is 2.09. The fourth-order valence-corrected chi connectivity index (χ4v) is 1.38. The summed E-state index contributed by atoms with van der Waals surface area (Å²) < 4.78 is 1.53. The highest BCUT2D eigenvalue weighted by Gasteiger charge is 2.01. The van der Waals surface area contributed by atoms with E-state index in [0.717, 1.165) is 11.4 Å². The Morgan fingerprint density at radius 2 is 2.21 bits per heavy atom. The maximum Gasteiger partial charge on any atom is 0.330 e. The van der Waals surface area contributed by atoms with Gasteiger partial charge in [0.2, 0.25) is 0 Å². The number of anilines is 1. The Kier molecular flexibility index (Phi) is 1.89. The van der Waals surface area contributed by atoms with Crippen LogP contribution in [0.15, 0.2) is 35.3 Å². The monoisotopic (exact) mass is 189 g/mol. The lowest BCUT2D eigenvalue weighted by Gasteiger charge is -2.00. The molecule has 0 aliphatic rings. The summed E-state index contributed by atoms with van der Waals surface area (Å²) in [6.07, 6.45) is 1.75. The molecule has 1 aromatic carbocycles. The number of nitrogens with one attached hydrogen (secondary N) is 1. The van der Waals surface area contributed by atoms with Crippen LogP contribution >= 0.6 is 0 Å². The van der Waals surface area contributed by atoms with Gasteiger partial charge in [0.15, 0.2) is 0 Å². The van der Waals surface area contributed by atoms with Gasteiger partial charge in [0.05, 0.1) is 5.69 Å². The van der Waals surface area contributed by atoms with E-state index in [0.29, 0.717) is 5.69 Å². The molecule has 72 valence electrons. The fourth-order valence-electron chi connectivity index (χ4n) is 1.38. The lowest BCUT2D eigenvalue weighted by Crippen LogP contribution is -2.14. The second-order valence-corrected chi connectivity index (χ2v) is 3.21. The van der Waals surface area contributed by atoms with Crippen molar-refractivity contribution in [3.8, 4) is 5.69 Å². The van der Waals surface area contributed by atoms with E-state index >= 15 is 0 Å². The highest BCUT2D eigenvalue weighted by atomic mass is 16.1. The summed E-state index contributed by atoms with van der Waals surface area (Å²) in [5, 5.41) is 0. The third-order valence-electron chi connectivity index (χ3n) is 1.99. The Morgan fingerprint density at radius 1 is 1.43 bits per heavy atom. The minimum Gasteiger partial charge on any atom is -0.399 e. The van der Waals surface area contributed by atoms with Crippen LogP contribution in [0.25, 0.3) is 5.69 Å². The zero-order valence-corrected chi connectivity index (χ0v) is 7.82. The van der Waals surface area contributed by atoms with E-state index in [1.165, 1.54) is 4.57 Å². The third-order valence-corrected chi connectivity index (χ3v) is 1.99. The zero-order chi connectivity index (χ0) is 10.1. The van der Waals surface area contributed by atoms with E-state index in [2.05, 4.69) is 4.98 Å². The molecule has 0 radical (unpaired) electrons. The summed E-state index contributed by atoms with van der Waals surface area (Å²) in [6.45, 7) is 1.84. The van der Waals surface area contributed by atoms with Gasteiger partial charge >= 0.3 is 5.69 Å². The lowest BCUT2D eigenvalue weighted by atomic mass is 10.3. The second-order valence-electron chi connectivity index (χ2n) is 3.21. The molecule has 0 amide bonds. The van der Waals surface area contributed by atoms with Gasteiger partial charge in [-0.2, -0.15) is 0 Å². The van der Waals surface area contributed by atoms with E-state index in [9.17, 15) is 4.79 Å². The summed E-state index contributed by atoms with van der Waals surface area (Å²) in [6, 6.07) is 7.20. The first-order chi connectivity index (χ1) is 6.66. The summed E-state index contributed by atoms with van der Waals surface area (Å²) in [5.74, 6) is 0. The lowest BCUT2D eigenvalue weighted by molar-refractivity contribution is 0.987. The standard InChI is InChI=1S/C10H11N3O/c1-7-6-13(10(14)12-7)9-4-2-3-8(11)5-9/h2-6H,11H2,1H3,(H,12,14). The van der Waals surface area contributed by atoms with E-state index in [4.69, 9.17) is 5.73 Å². The molecule has 0 spiro atoms. The molecule has 4 nitrogen and oxygen atoms in total. The van der Waals surface area contributed by atoms with Crippen LogP contribution in [-0.2, 0) is 0 Å². The normalized spacial score (nSPS) is 10.4. The average Bonchev–Trinajstić information content (AvgIpc) is 2.45. The van der Waals surface area contributed by atoms with E-state index in [1.54, 1.807) is 18.3 Å². The van der Waals surface area contributed by atoms with Crippen molar-refractivity contribution in [3.05, 3.63) is 46.6 Å². The van der Waals surface area contributed by atoms with Gasteiger partial charge in [0.1, 0.15) is 0 Å². The van der Waals surface area contributed by atoms with Crippen LogP contribution in [0.1, 0.15) is 5.69 Å². The van der Waals surface area contributed by atoms with E-state index < -0.39 is 0 Å². The van der Waals surface area contributed by atoms with Gasteiger partial charge in [-0.1, -0.05) is 6.07 Å². The minimum absolute atomic E-state index is 0.145. The molecule has 0 atom stereocenters. The van der Waals surface area contributed by atoms with Crippen LogP contribution < -0.4 is 11.4 Å². The molecule has 3 N–H and O–H groups in total. The van der Waals surface area contributed by atoms with Crippen LogP contribution in [-0.4, -0.2) is 9.55 Å². The molecule has 1 aromatic heterocycles. The Morgan fingerprint density at radius 3 is 2.79 bits per heavy atom. The molecule has 4 heteroatoms. The Labute approximate surface area is 81.0 Å². The summed E-state index contributed by atoms with van der Waals surface area (Å²) in [5.41, 5.74) is 7.74. The van der Waals surface area contributed by atoms with Gasteiger partial charge in [0.25, 0.3) is 0 Å². The summed E-state index contributed by atoms with van der Waals surface area (Å²) in [4.78, 5) is 14.1. The van der Waals surface area contributed by atoms with Gasteiger partial charge in [-0.25, -0.2) is 4.79 Å². The van der Waals surface area contributed by atoms with Crippen molar-refractivity contribution in [1.29, 1.82) is 0 Å². The quantitative estimate of drug-likeness (QED) is 0.659. The van der Waals surface area contributed by atoms with Crippen LogP contribution in [0.4, 0.5) is 5.69 Å². The number of imidazole rings is 1. The number of nitrogens with two attached hydrogens (primary N) is 1. The van der Waals surface area contributed by atoms with Gasteiger partial charge in [-0.3, -0.25) is 4.57 Å². The first-order valence-corrected chi connectivity index (χ1v) is 4.31. The average molecular weight is 189 g/mol. The Hall–Kier alpha value is -1.97. The molecule has 1 heterocycles. The van der Waals surface area contributed by atoms with Crippen LogP contribution in [0.2, 0.25) is 0 Å². The third kappa shape index (κ3) is 1.42. The predicted molar refractivity (Wildman–Crippen MR) is 55.5 cm³/mol. The zero-order valence-electron chi connectivity index (χ0n) is 7.82. The molecular formula is C10H11N3O. The number of aromatic amines is 1. The maximum absolute atomic E-state index is 11.4. The number of hydrogen-bond acceptors (Lipinski definition) is 2. The first-order valence-electron chi connectivity index (χ1n) is 4.31. The topological polar surface area (TPSA) is 63.8 Å². The van der Waals surface area contributed by atoms with Crippen molar-refractivity contribution in [2.45, 2.75) is 6.92 Å². The predicted octanol–water partition coefficient (Wildman–Crippen LogP) is 1.06. The van der Waals surface area contributed by atoms with Crippen molar-refractivity contribution in [1.82, 2.24) is 9.55 Å². The number of H-pyrrole nitrogens is 1. The molecule has 0 aliphatic heterocycles. The Balaban J connectivity index is 2.60. The van der Waals surface area contributed by atoms with Crippen LogP contribution in [0, 0.1) is 6.92 Å². The maximum atomic E-state index is 11.4. The van der Waals surface area contributed by atoms with Crippen molar-refractivity contribution in [3.63, 3.8) is 0 Å². The minimum atomic E-state index is -0.145. The number of aromatic nitrogens is 2. The van der Waals surface area contributed by atoms with Gasteiger partial charge in [0, 0.05) is 17.6 Å². The molecule has 0 aliphatic carbocycles. The molecule has 0 unspecified atom stereocenters. The number of rotatable bonds is 1. The van der Waals surface area contributed by atoms with Crippen LogP contribution in [0.3, 0.4) is 0 Å². The van der Waals surface area contributed by atoms with Gasteiger partial charge in [-0.05, 0) is 25.1 Å². The molecular weight excluding hydrogens is 178 g/mol. The number of hydrogen-bond donors (Lipinski definition) is 2. The molecule has 0 bridgehead atoms. The molecule has 14 heavy (non-hydrogen) atoms. The number of nitrogen functional groups attached to an aromatic ring is 1. The van der Waals surface area contributed by atoms with Crippen LogP contribution in [0.5, 0.6) is 0 Å². The second kappa shape index (κ2) is 3.06.